The van der Waals surface area contributed by atoms with Crippen LogP contribution in [0.4, 0.5) is 5.69 Å². The highest BCUT2D eigenvalue weighted by molar-refractivity contribution is 5.97. The fraction of sp³-hybridized carbons (Fsp3) is 0.600. The van der Waals surface area contributed by atoms with E-state index in [0.29, 0.717) is 19.1 Å². The van der Waals surface area contributed by atoms with Crippen LogP contribution in [0.25, 0.3) is 0 Å². The zero-order valence-corrected chi connectivity index (χ0v) is 16.0. The second-order valence-electron chi connectivity index (χ2n) is 6.92. The molecule has 1 amide bonds. The predicted octanol–water partition coefficient (Wildman–Crippen LogP) is 1.54. The summed E-state index contributed by atoms with van der Waals surface area (Å²) in [6.45, 7) is 3.78. The van der Waals surface area contributed by atoms with Gasteiger partial charge in [-0.05, 0) is 31.4 Å². The molecule has 1 unspecified atom stereocenters. The number of ether oxygens (including phenoxy) is 2. The number of anilines is 1. The summed E-state index contributed by atoms with van der Waals surface area (Å²) in [5.41, 5.74) is 0.944. The van der Waals surface area contributed by atoms with Crippen LogP contribution < -0.4 is 15.5 Å². The summed E-state index contributed by atoms with van der Waals surface area (Å²) in [5.74, 6) is 0.868. The maximum absolute atomic E-state index is 12.3. The summed E-state index contributed by atoms with van der Waals surface area (Å²) in [7, 11) is 1.75. The maximum Gasteiger partial charge on any atom is 0.229 e. The van der Waals surface area contributed by atoms with Crippen molar-refractivity contribution in [3.05, 3.63) is 30.3 Å². The number of benzene rings is 1. The third-order valence-corrected chi connectivity index (χ3v) is 4.89. The minimum atomic E-state index is 0.0578. The first-order valence-electron chi connectivity index (χ1n) is 9.78. The molecule has 7 heteroatoms. The highest BCUT2D eigenvalue weighted by Crippen LogP contribution is 2.20. The topological polar surface area (TPSA) is 75.2 Å². The summed E-state index contributed by atoms with van der Waals surface area (Å²) in [6.07, 6.45) is 3.71. The van der Waals surface area contributed by atoms with Gasteiger partial charge in [-0.25, -0.2) is 0 Å². The number of hydrogen-bond acceptors (Lipinski definition) is 4. The van der Waals surface area contributed by atoms with Crippen LogP contribution in [0.5, 0.6) is 0 Å². The SMILES string of the molecule is CN=C(NCCCOC1CCOCC1)NC1CC(=O)N(c2ccccc2)C1. The lowest BCUT2D eigenvalue weighted by molar-refractivity contribution is -0.117. The number of carbonyl (C=O) groups is 1. The number of hydrogen-bond donors (Lipinski definition) is 2. The molecular weight excluding hydrogens is 344 g/mol. The van der Waals surface area contributed by atoms with Crippen LogP contribution in [0.3, 0.4) is 0 Å². The van der Waals surface area contributed by atoms with E-state index in [1.54, 1.807) is 7.05 Å². The Kier molecular flexibility index (Phi) is 7.47. The molecule has 2 heterocycles. The predicted molar refractivity (Wildman–Crippen MR) is 106 cm³/mol. The minimum Gasteiger partial charge on any atom is -0.381 e. The second-order valence-corrected chi connectivity index (χ2v) is 6.92. The number of aliphatic imine (C=N–C) groups is 1. The van der Waals surface area contributed by atoms with Gasteiger partial charge < -0.3 is 25.0 Å². The molecule has 148 valence electrons. The van der Waals surface area contributed by atoms with E-state index >= 15 is 0 Å². The number of guanidine groups is 1. The Bertz CT molecular complexity index is 617. The molecule has 2 aliphatic rings. The molecule has 0 radical (unpaired) electrons. The Morgan fingerprint density at radius 2 is 2.07 bits per heavy atom. The third-order valence-electron chi connectivity index (χ3n) is 4.89. The lowest BCUT2D eigenvalue weighted by atomic mass is 10.1. The Labute approximate surface area is 161 Å². The van der Waals surface area contributed by atoms with E-state index in [0.717, 1.165) is 57.3 Å². The zero-order valence-electron chi connectivity index (χ0n) is 16.0. The summed E-state index contributed by atoms with van der Waals surface area (Å²) in [4.78, 5) is 18.4. The Balaban J connectivity index is 1.36. The lowest BCUT2D eigenvalue weighted by Crippen LogP contribution is -2.45. The van der Waals surface area contributed by atoms with Crippen molar-refractivity contribution in [3.63, 3.8) is 0 Å². The molecule has 3 rings (SSSR count). The highest BCUT2D eigenvalue weighted by atomic mass is 16.5. The fourth-order valence-electron chi connectivity index (χ4n) is 3.42. The number of amides is 1. The van der Waals surface area contributed by atoms with Crippen LogP contribution in [0.1, 0.15) is 25.7 Å². The molecule has 0 aromatic heterocycles. The summed E-state index contributed by atoms with van der Waals surface area (Å²) in [5, 5.41) is 6.66. The van der Waals surface area contributed by atoms with Crippen molar-refractivity contribution in [2.75, 3.05) is 44.9 Å². The molecule has 7 nitrogen and oxygen atoms in total. The van der Waals surface area contributed by atoms with Crippen molar-refractivity contribution < 1.29 is 14.3 Å². The molecule has 0 spiro atoms. The molecule has 2 N–H and O–H groups in total. The molecule has 27 heavy (non-hydrogen) atoms. The van der Waals surface area contributed by atoms with Crippen LogP contribution in [0, 0.1) is 0 Å². The fourth-order valence-corrected chi connectivity index (χ4v) is 3.42. The smallest absolute Gasteiger partial charge is 0.229 e. The van der Waals surface area contributed by atoms with Crippen LogP contribution in [-0.4, -0.2) is 64.0 Å². The first kappa shape index (κ1) is 19.6. The van der Waals surface area contributed by atoms with E-state index in [9.17, 15) is 4.79 Å². The van der Waals surface area contributed by atoms with Crippen molar-refractivity contribution in [2.24, 2.45) is 4.99 Å². The quantitative estimate of drug-likeness (QED) is 0.430. The first-order chi connectivity index (χ1) is 13.3. The number of nitrogens with zero attached hydrogens (tertiary/aromatic N) is 2. The van der Waals surface area contributed by atoms with E-state index < -0.39 is 0 Å². The van der Waals surface area contributed by atoms with Gasteiger partial charge >= 0.3 is 0 Å². The van der Waals surface area contributed by atoms with Crippen molar-refractivity contribution >= 4 is 17.6 Å². The number of para-hydroxylation sites is 1. The molecule has 1 aromatic carbocycles. The van der Waals surface area contributed by atoms with Crippen LogP contribution >= 0.6 is 0 Å². The first-order valence-corrected chi connectivity index (χ1v) is 9.78. The largest absolute Gasteiger partial charge is 0.381 e. The molecule has 2 aliphatic heterocycles. The van der Waals surface area contributed by atoms with Crippen molar-refractivity contribution in [2.45, 2.75) is 37.8 Å². The molecule has 1 atom stereocenters. The second kappa shape index (κ2) is 10.3. The van der Waals surface area contributed by atoms with E-state index in [2.05, 4.69) is 15.6 Å². The van der Waals surface area contributed by atoms with Gasteiger partial charge in [0.1, 0.15) is 0 Å². The molecular formula is C20H30N4O3. The standard InChI is InChI=1S/C20H30N4O3/c1-21-20(22-10-5-11-27-18-8-12-26-13-9-18)23-16-14-19(25)24(15-16)17-6-3-2-4-7-17/h2-4,6-7,16,18H,5,8-15H2,1H3,(H2,21,22,23). The van der Waals surface area contributed by atoms with E-state index in [1.807, 2.05) is 35.2 Å². The summed E-state index contributed by atoms with van der Waals surface area (Å²) < 4.78 is 11.2. The van der Waals surface area contributed by atoms with Crippen molar-refractivity contribution in [3.8, 4) is 0 Å². The van der Waals surface area contributed by atoms with Gasteiger partial charge in [-0.15, -0.1) is 0 Å². The van der Waals surface area contributed by atoms with E-state index in [1.165, 1.54) is 0 Å². The number of carbonyl (C=O) groups excluding carboxylic acids is 1. The van der Waals surface area contributed by atoms with Gasteiger partial charge in [-0.1, -0.05) is 18.2 Å². The van der Waals surface area contributed by atoms with Gasteiger partial charge in [0.25, 0.3) is 0 Å². The lowest BCUT2D eigenvalue weighted by Gasteiger charge is -2.22. The normalized spacial score (nSPS) is 21.5. The van der Waals surface area contributed by atoms with Crippen LogP contribution in [0.2, 0.25) is 0 Å². The third kappa shape index (κ3) is 5.94. The zero-order chi connectivity index (χ0) is 18.9. The monoisotopic (exact) mass is 374 g/mol. The van der Waals surface area contributed by atoms with Crippen LogP contribution in [-0.2, 0) is 14.3 Å². The molecule has 0 bridgehead atoms. The molecule has 0 aliphatic carbocycles. The summed E-state index contributed by atoms with van der Waals surface area (Å²) in [6, 6.07) is 9.84. The van der Waals surface area contributed by atoms with Gasteiger partial charge in [0, 0.05) is 52.1 Å². The minimum absolute atomic E-state index is 0.0578. The average Bonchev–Trinajstić information content (AvgIpc) is 3.08. The maximum atomic E-state index is 12.3. The molecule has 2 saturated heterocycles. The molecule has 2 fully saturated rings. The Morgan fingerprint density at radius 3 is 2.81 bits per heavy atom. The highest BCUT2D eigenvalue weighted by Gasteiger charge is 2.30. The van der Waals surface area contributed by atoms with Gasteiger partial charge in [0.2, 0.25) is 5.91 Å². The van der Waals surface area contributed by atoms with Gasteiger partial charge in [-0.2, -0.15) is 0 Å². The summed E-state index contributed by atoms with van der Waals surface area (Å²) >= 11 is 0. The van der Waals surface area contributed by atoms with E-state index in [4.69, 9.17) is 9.47 Å². The van der Waals surface area contributed by atoms with Crippen molar-refractivity contribution in [1.82, 2.24) is 10.6 Å². The van der Waals surface area contributed by atoms with Gasteiger partial charge in [0.15, 0.2) is 5.96 Å². The van der Waals surface area contributed by atoms with Gasteiger partial charge in [-0.3, -0.25) is 9.79 Å². The van der Waals surface area contributed by atoms with Crippen LogP contribution in [0.15, 0.2) is 35.3 Å². The average molecular weight is 374 g/mol. The molecule has 0 saturated carbocycles. The number of nitrogens with one attached hydrogen (secondary N) is 2. The van der Waals surface area contributed by atoms with Gasteiger partial charge in [0.05, 0.1) is 12.1 Å². The van der Waals surface area contributed by atoms with E-state index in [-0.39, 0.29) is 11.9 Å². The molecule has 1 aromatic rings. The number of rotatable bonds is 7. The Morgan fingerprint density at radius 1 is 1.30 bits per heavy atom. The van der Waals surface area contributed by atoms with Crippen molar-refractivity contribution in [1.29, 1.82) is 0 Å². The Hall–Kier alpha value is -2.12.